The van der Waals surface area contributed by atoms with Crippen LogP contribution in [0.1, 0.15) is 27.6 Å². The Morgan fingerprint density at radius 2 is 1.35 bits per heavy atom. The van der Waals surface area contributed by atoms with E-state index in [2.05, 4.69) is 0 Å². The van der Waals surface area contributed by atoms with Gasteiger partial charge in [-0.05, 0) is 19.1 Å². The Kier molecular flexibility index (Phi) is 4.75. The molecule has 0 radical (unpaired) electrons. The summed E-state index contributed by atoms with van der Waals surface area (Å²) in [4.78, 5) is 46.7. The van der Waals surface area contributed by atoms with Crippen molar-refractivity contribution >= 4 is 23.0 Å². The first-order valence-corrected chi connectivity index (χ1v) is 6.80. The number of nitro groups is 1. The summed E-state index contributed by atoms with van der Waals surface area (Å²) in [6.07, 6.45) is 0. The Morgan fingerprint density at radius 1 is 0.870 bits per heavy atom. The van der Waals surface area contributed by atoms with Crippen LogP contribution in [0.25, 0.3) is 0 Å². The molecule has 0 aromatic heterocycles. The zero-order chi connectivity index (χ0) is 17.0. The van der Waals surface area contributed by atoms with Gasteiger partial charge in [0.25, 0.3) is 5.69 Å². The van der Waals surface area contributed by atoms with Crippen molar-refractivity contribution in [2.24, 2.45) is 5.92 Å². The zero-order valence-corrected chi connectivity index (χ0v) is 12.3. The number of hydrogen-bond acceptors (Lipinski definition) is 5. The highest BCUT2D eigenvalue weighted by atomic mass is 16.6. The molecule has 0 bridgehead atoms. The molecular formula is C17H13NO5. The summed E-state index contributed by atoms with van der Waals surface area (Å²) in [5.74, 6) is -3.26. The van der Waals surface area contributed by atoms with Gasteiger partial charge in [0.15, 0.2) is 11.6 Å². The van der Waals surface area contributed by atoms with Crippen molar-refractivity contribution in [2.75, 3.05) is 0 Å². The number of nitro benzene ring substituents is 1. The van der Waals surface area contributed by atoms with Crippen molar-refractivity contribution in [3.8, 4) is 0 Å². The third-order valence-corrected chi connectivity index (χ3v) is 3.35. The lowest BCUT2D eigenvalue weighted by molar-refractivity contribution is -0.384. The Morgan fingerprint density at radius 3 is 1.78 bits per heavy atom. The minimum absolute atomic E-state index is 0.0834. The first-order valence-electron chi connectivity index (χ1n) is 6.80. The highest BCUT2D eigenvalue weighted by molar-refractivity contribution is 6.27. The molecule has 2 aromatic rings. The van der Waals surface area contributed by atoms with Gasteiger partial charge in [0.05, 0.1) is 4.92 Å². The van der Waals surface area contributed by atoms with Gasteiger partial charge in [-0.25, -0.2) is 0 Å². The molecule has 1 atom stereocenters. The van der Waals surface area contributed by atoms with E-state index >= 15 is 0 Å². The molecule has 0 heterocycles. The van der Waals surface area contributed by atoms with Gasteiger partial charge in [-0.2, -0.15) is 0 Å². The van der Waals surface area contributed by atoms with Gasteiger partial charge in [-0.1, -0.05) is 30.3 Å². The molecule has 0 unspecified atom stereocenters. The molecule has 0 aliphatic rings. The summed E-state index contributed by atoms with van der Waals surface area (Å²) >= 11 is 0. The van der Waals surface area contributed by atoms with Crippen LogP contribution in [0.15, 0.2) is 54.6 Å². The molecule has 2 aromatic carbocycles. The molecule has 2 rings (SSSR count). The Balaban J connectivity index is 2.34. The molecule has 0 N–H and O–H groups in total. The molecule has 0 saturated carbocycles. The minimum Gasteiger partial charge on any atom is -0.299 e. The summed E-state index contributed by atoms with van der Waals surface area (Å²) < 4.78 is 0. The number of ketones is 3. The second kappa shape index (κ2) is 6.74. The second-order valence-corrected chi connectivity index (χ2v) is 4.94. The maximum Gasteiger partial charge on any atom is 0.269 e. The largest absolute Gasteiger partial charge is 0.299 e. The lowest BCUT2D eigenvalue weighted by Gasteiger charge is -2.12. The number of non-ortho nitro benzene ring substituents is 1. The minimum atomic E-state index is -1.45. The van der Waals surface area contributed by atoms with Crippen LogP contribution in [0.5, 0.6) is 0 Å². The maximum absolute atomic E-state index is 12.5. The lowest BCUT2D eigenvalue weighted by atomic mass is 9.87. The first-order chi connectivity index (χ1) is 10.9. The van der Waals surface area contributed by atoms with Crippen LogP contribution >= 0.6 is 0 Å². The third kappa shape index (κ3) is 3.55. The molecule has 0 aliphatic heterocycles. The number of carbonyl (C=O) groups is 3. The highest BCUT2D eigenvalue weighted by Gasteiger charge is 2.32. The van der Waals surface area contributed by atoms with Crippen molar-refractivity contribution in [3.05, 3.63) is 75.8 Å². The van der Waals surface area contributed by atoms with Gasteiger partial charge in [0.2, 0.25) is 0 Å². The smallest absolute Gasteiger partial charge is 0.269 e. The first kappa shape index (κ1) is 16.2. The van der Waals surface area contributed by atoms with E-state index in [1.54, 1.807) is 18.2 Å². The van der Waals surface area contributed by atoms with Crippen LogP contribution in [0, 0.1) is 16.0 Å². The van der Waals surface area contributed by atoms with Crippen LogP contribution in [0.2, 0.25) is 0 Å². The van der Waals surface area contributed by atoms with E-state index in [9.17, 15) is 24.5 Å². The lowest BCUT2D eigenvalue weighted by Crippen LogP contribution is -2.30. The monoisotopic (exact) mass is 311 g/mol. The molecule has 0 spiro atoms. The Bertz CT molecular complexity index is 765. The number of benzene rings is 2. The summed E-state index contributed by atoms with van der Waals surface area (Å²) in [7, 11) is 0. The fourth-order valence-electron chi connectivity index (χ4n) is 2.17. The molecule has 116 valence electrons. The second-order valence-electron chi connectivity index (χ2n) is 4.94. The van der Waals surface area contributed by atoms with Gasteiger partial charge < -0.3 is 0 Å². The summed E-state index contributed by atoms with van der Waals surface area (Å²) in [6, 6.07) is 12.9. The van der Waals surface area contributed by atoms with E-state index in [4.69, 9.17) is 0 Å². The summed E-state index contributed by atoms with van der Waals surface area (Å²) in [5.41, 5.74) is 0.179. The summed E-state index contributed by atoms with van der Waals surface area (Å²) in [6.45, 7) is 1.18. The number of Topliss-reactive ketones (excluding diaryl/α,β-unsaturated/α-hetero) is 3. The SMILES string of the molecule is CC(=O)[C@@H](C(=O)c1ccccc1)C(=O)c1ccc([N+](=O)[O-])cc1. The number of hydrogen-bond donors (Lipinski definition) is 0. The molecule has 0 aliphatic carbocycles. The van der Waals surface area contributed by atoms with Crippen molar-refractivity contribution in [1.29, 1.82) is 0 Å². The Labute approximate surface area is 131 Å². The topological polar surface area (TPSA) is 94.3 Å². The third-order valence-electron chi connectivity index (χ3n) is 3.35. The Hall–Kier alpha value is -3.15. The van der Waals surface area contributed by atoms with E-state index in [0.717, 1.165) is 12.1 Å². The predicted molar refractivity (Wildman–Crippen MR) is 82.4 cm³/mol. The van der Waals surface area contributed by atoms with Crippen molar-refractivity contribution in [1.82, 2.24) is 0 Å². The quantitative estimate of drug-likeness (QED) is 0.354. The van der Waals surface area contributed by atoms with Crippen LogP contribution in [-0.2, 0) is 4.79 Å². The van der Waals surface area contributed by atoms with Gasteiger partial charge >= 0.3 is 0 Å². The maximum atomic E-state index is 12.5. The van der Waals surface area contributed by atoms with Crippen molar-refractivity contribution in [2.45, 2.75) is 6.92 Å². The molecule has 0 amide bonds. The average Bonchev–Trinajstić information content (AvgIpc) is 2.55. The predicted octanol–water partition coefficient (Wildman–Crippen LogP) is 2.87. The highest BCUT2D eigenvalue weighted by Crippen LogP contribution is 2.19. The van der Waals surface area contributed by atoms with Gasteiger partial charge in [-0.3, -0.25) is 24.5 Å². The molecule has 0 fully saturated rings. The van der Waals surface area contributed by atoms with Gasteiger partial charge in [-0.15, -0.1) is 0 Å². The van der Waals surface area contributed by atoms with Crippen LogP contribution in [0.3, 0.4) is 0 Å². The van der Waals surface area contributed by atoms with E-state index in [-0.39, 0.29) is 16.8 Å². The van der Waals surface area contributed by atoms with Crippen LogP contribution in [0.4, 0.5) is 5.69 Å². The van der Waals surface area contributed by atoms with Crippen LogP contribution < -0.4 is 0 Å². The van der Waals surface area contributed by atoms with Crippen LogP contribution in [-0.4, -0.2) is 22.3 Å². The van der Waals surface area contributed by atoms with E-state index in [1.807, 2.05) is 0 Å². The number of carbonyl (C=O) groups excluding carboxylic acids is 3. The molecule has 6 nitrogen and oxygen atoms in total. The van der Waals surface area contributed by atoms with Crippen molar-refractivity contribution in [3.63, 3.8) is 0 Å². The van der Waals surface area contributed by atoms with E-state index < -0.39 is 28.2 Å². The molecule has 23 heavy (non-hydrogen) atoms. The van der Waals surface area contributed by atoms with Crippen molar-refractivity contribution < 1.29 is 19.3 Å². The van der Waals surface area contributed by atoms with Gasteiger partial charge in [0, 0.05) is 23.3 Å². The van der Waals surface area contributed by atoms with E-state index in [0.29, 0.717) is 0 Å². The normalized spacial score (nSPS) is 11.5. The summed E-state index contributed by atoms with van der Waals surface area (Å²) in [5, 5.41) is 10.6. The zero-order valence-electron chi connectivity index (χ0n) is 12.3. The molecular weight excluding hydrogens is 298 g/mol. The fourth-order valence-corrected chi connectivity index (χ4v) is 2.17. The molecule has 6 heteroatoms. The van der Waals surface area contributed by atoms with E-state index in [1.165, 1.54) is 31.2 Å². The average molecular weight is 311 g/mol. The standard InChI is InChI=1S/C17H13NO5/c1-11(19)15(16(20)12-5-3-2-4-6-12)17(21)13-7-9-14(10-8-13)18(22)23/h2-10,15H,1H3/t15-/m0/s1. The molecule has 0 saturated heterocycles. The number of nitrogens with zero attached hydrogens (tertiary/aromatic N) is 1. The fraction of sp³-hybridized carbons (Fsp3) is 0.118. The van der Waals surface area contributed by atoms with Gasteiger partial charge in [0.1, 0.15) is 11.7 Å². The number of rotatable bonds is 6.